The van der Waals surface area contributed by atoms with Crippen LogP contribution in [-0.2, 0) is 6.54 Å². The number of urea groups is 1. The van der Waals surface area contributed by atoms with E-state index in [4.69, 9.17) is 10.2 Å². The van der Waals surface area contributed by atoms with Crippen molar-refractivity contribution < 1.29 is 9.21 Å². The van der Waals surface area contributed by atoms with Gasteiger partial charge in [-0.1, -0.05) is 18.2 Å². The molecule has 1 aromatic carbocycles. The lowest BCUT2D eigenvalue weighted by atomic mass is 10.1. The van der Waals surface area contributed by atoms with Gasteiger partial charge in [-0.3, -0.25) is 0 Å². The Labute approximate surface area is 176 Å². The standard InChI is InChI=1S/C19H27N5O2.HI/c1-3-21-19(23-14-8-10-24(11-9-14)18(20)25)22-12-17-13(2)15-6-4-5-7-16(15)26-17;/h4-7,14H,3,8-12H2,1-2H3,(H2,20,25)(H2,21,22,23);1H. The summed E-state index contributed by atoms with van der Waals surface area (Å²) in [5.74, 6) is 1.65. The van der Waals surface area contributed by atoms with Gasteiger partial charge < -0.3 is 25.7 Å². The van der Waals surface area contributed by atoms with Gasteiger partial charge in [-0.2, -0.15) is 0 Å². The normalized spacial score (nSPS) is 15.5. The van der Waals surface area contributed by atoms with Gasteiger partial charge >= 0.3 is 6.03 Å². The summed E-state index contributed by atoms with van der Waals surface area (Å²) in [6, 6.07) is 7.97. The number of furan rings is 1. The largest absolute Gasteiger partial charge is 0.459 e. The van der Waals surface area contributed by atoms with Gasteiger partial charge in [0.1, 0.15) is 17.9 Å². The average Bonchev–Trinajstić information content (AvgIpc) is 2.96. The number of aryl methyl sites for hydroxylation is 1. The number of piperidine rings is 1. The van der Waals surface area contributed by atoms with E-state index in [0.29, 0.717) is 19.6 Å². The van der Waals surface area contributed by atoms with E-state index >= 15 is 0 Å². The quantitative estimate of drug-likeness (QED) is 0.353. The van der Waals surface area contributed by atoms with Crippen molar-refractivity contribution in [3.63, 3.8) is 0 Å². The molecule has 1 aliphatic rings. The highest BCUT2D eigenvalue weighted by atomic mass is 127. The molecule has 0 radical (unpaired) electrons. The highest BCUT2D eigenvalue weighted by molar-refractivity contribution is 14.0. The summed E-state index contributed by atoms with van der Waals surface area (Å²) in [5.41, 5.74) is 7.37. The number of rotatable bonds is 4. The molecule has 0 atom stereocenters. The molecular formula is C19H28IN5O2. The molecule has 4 N–H and O–H groups in total. The van der Waals surface area contributed by atoms with Crippen LogP contribution in [0, 0.1) is 6.92 Å². The van der Waals surface area contributed by atoms with Gasteiger partial charge in [-0.15, -0.1) is 24.0 Å². The minimum absolute atomic E-state index is 0. The van der Waals surface area contributed by atoms with Gasteiger partial charge in [0.05, 0.1) is 0 Å². The van der Waals surface area contributed by atoms with Crippen LogP contribution in [0.4, 0.5) is 4.79 Å². The third kappa shape index (κ3) is 5.27. The maximum absolute atomic E-state index is 11.2. The molecule has 2 aromatic rings. The van der Waals surface area contributed by atoms with Crippen LogP contribution >= 0.6 is 24.0 Å². The van der Waals surface area contributed by atoms with Crippen molar-refractivity contribution in [1.82, 2.24) is 15.5 Å². The van der Waals surface area contributed by atoms with E-state index in [-0.39, 0.29) is 36.0 Å². The molecule has 2 heterocycles. The van der Waals surface area contributed by atoms with Crippen LogP contribution in [0.5, 0.6) is 0 Å². The average molecular weight is 485 g/mol. The number of carbonyl (C=O) groups is 1. The molecule has 0 bridgehead atoms. The topological polar surface area (TPSA) is 95.9 Å². The molecule has 1 aromatic heterocycles. The zero-order valence-corrected chi connectivity index (χ0v) is 18.2. The predicted molar refractivity (Wildman–Crippen MR) is 118 cm³/mol. The van der Waals surface area contributed by atoms with Crippen LogP contribution in [-0.4, -0.2) is 42.6 Å². The highest BCUT2D eigenvalue weighted by Gasteiger charge is 2.21. The summed E-state index contributed by atoms with van der Waals surface area (Å²) >= 11 is 0. The van der Waals surface area contributed by atoms with Crippen LogP contribution in [0.25, 0.3) is 11.0 Å². The van der Waals surface area contributed by atoms with Crippen LogP contribution in [0.2, 0.25) is 0 Å². The van der Waals surface area contributed by atoms with Gasteiger partial charge in [0.25, 0.3) is 0 Å². The first-order valence-corrected chi connectivity index (χ1v) is 9.14. The zero-order valence-electron chi connectivity index (χ0n) is 15.8. The van der Waals surface area contributed by atoms with E-state index < -0.39 is 0 Å². The van der Waals surface area contributed by atoms with Crippen molar-refractivity contribution in [3.8, 4) is 0 Å². The van der Waals surface area contributed by atoms with Gasteiger partial charge in [-0.25, -0.2) is 9.79 Å². The summed E-state index contributed by atoms with van der Waals surface area (Å²) in [7, 11) is 0. The molecule has 2 amide bonds. The van der Waals surface area contributed by atoms with Crippen LogP contribution < -0.4 is 16.4 Å². The van der Waals surface area contributed by atoms with E-state index in [1.165, 1.54) is 0 Å². The number of aliphatic imine (C=N–C) groups is 1. The van der Waals surface area contributed by atoms with Crippen LogP contribution in [0.3, 0.4) is 0 Å². The molecule has 3 rings (SSSR count). The van der Waals surface area contributed by atoms with Crippen molar-refractivity contribution in [1.29, 1.82) is 0 Å². The lowest BCUT2D eigenvalue weighted by molar-refractivity contribution is 0.188. The van der Waals surface area contributed by atoms with Crippen molar-refractivity contribution in [2.45, 2.75) is 39.3 Å². The van der Waals surface area contributed by atoms with E-state index in [2.05, 4.69) is 28.6 Å². The summed E-state index contributed by atoms with van der Waals surface area (Å²) in [6.45, 7) is 6.72. The number of carbonyl (C=O) groups excluding carboxylic acids is 1. The second kappa shape index (κ2) is 9.82. The first kappa shape index (κ1) is 21.3. The highest BCUT2D eigenvalue weighted by Crippen LogP contribution is 2.25. The maximum Gasteiger partial charge on any atom is 0.314 e. The fourth-order valence-electron chi connectivity index (χ4n) is 3.28. The number of nitrogens with one attached hydrogen (secondary N) is 2. The molecule has 8 heteroatoms. The number of amides is 2. The molecule has 0 saturated carbocycles. The Kier molecular flexibility index (Phi) is 7.76. The Morgan fingerprint density at radius 1 is 1.33 bits per heavy atom. The smallest absolute Gasteiger partial charge is 0.314 e. The Balaban J connectivity index is 0.00000261. The number of guanidine groups is 1. The number of nitrogens with zero attached hydrogens (tertiary/aromatic N) is 2. The fourth-order valence-corrected chi connectivity index (χ4v) is 3.28. The van der Waals surface area contributed by atoms with Crippen molar-refractivity contribution in [2.75, 3.05) is 19.6 Å². The van der Waals surface area contributed by atoms with Crippen molar-refractivity contribution >= 4 is 46.9 Å². The number of benzene rings is 1. The van der Waals surface area contributed by atoms with Gasteiger partial charge in [0.15, 0.2) is 5.96 Å². The van der Waals surface area contributed by atoms with Crippen molar-refractivity contribution in [3.05, 3.63) is 35.6 Å². The van der Waals surface area contributed by atoms with Crippen LogP contribution in [0.1, 0.15) is 31.1 Å². The monoisotopic (exact) mass is 485 g/mol. The summed E-state index contributed by atoms with van der Waals surface area (Å²) < 4.78 is 5.94. The molecule has 148 valence electrons. The minimum Gasteiger partial charge on any atom is -0.459 e. The second-order valence-electron chi connectivity index (χ2n) is 6.59. The predicted octanol–water partition coefficient (Wildman–Crippen LogP) is 2.96. The number of likely N-dealkylation sites (tertiary alicyclic amines) is 1. The molecule has 1 saturated heterocycles. The Hall–Kier alpha value is -1.97. The number of hydrogen-bond donors (Lipinski definition) is 3. The van der Waals surface area contributed by atoms with Crippen molar-refractivity contribution in [2.24, 2.45) is 10.7 Å². The molecule has 0 aliphatic carbocycles. The second-order valence-corrected chi connectivity index (χ2v) is 6.59. The number of para-hydroxylation sites is 1. The molecule has 1 aliphatic heterocycles. The summed E-state index contributed by atoms with van der Waals surface area (Å²) in [6.07, 6.45) is 1.72. The number of nitrogens with two attached hydrogens (primary N) is 1. The number of primary amides is 1. The van der Waals surface area contributed by atoms with E-state index in [0.717, 1.165) is 47.6 Å². The third-order valence-corrected chi connectivity index (χ3v) is 4.81. The SMILES string of the molecule is CCNC(=NCc1oc2ccccc2c1C)NC1CCN(C(N)=O)CC1.I. The maximum atomic E-state index is 11.2. The molecule has 1 fully saturated rings. The van der Waals surface area contributed by atoms with Gasteiger partial charge in [0, 0.05) is 36.6 Å². The Morgan fingerprint density at radius 2 is 2.04 bits per heavy atom. The summed E-state index contributed by atoms with van der Waals surface area (Å²) in [4.78, 5) is 17.6. The lowest BCUT2D eigenvalue weighted by Crippen LogP contribution is -2.50. The molecular weight excluding hydrogens is 457 g/mol. The van der Waals surface area contributed by atoms with Gasteiger partial charge in [-0.05, 0) is 32.8 Å². The molecule has 7 nitrogen and oxygen atoms in total. The molecule has 0 unspecified atom stereocenters. The fraction of sp³-hybridized carbons (Fsp3) is 0.474. The first-order chi connectivity index (χ1) is 12.6. The zero-order chi connectivity index (χ0) is 18.5. The van der Waals surface area contributed by atoms with E-state index in [1.54, 1.807) is 4.90 Å². The summed E-state index contributed by atoms with van der Waals surface area (Å²) in [5, 5.41) is 7.87. The molecule has 27 heavy (non-hydrogen) atoms. The third-order valence-electron chi connectivity index (χ3n) is 4.81. The first-order valence-electron chi connectivity index (χ1n) is 9.14. The van der Waals surface area contributed by atoms with E-state index in [9.17, 15) is 4.79 Å². The number of halogens is 1. The van der Waals surface area contributed by atoms with E-state index in [1.807, 2.05) is 25.1 Å². The minimum atomic E-state index is -0.343. The Morgan fingerprint density at radius 3 is 2.67 bits per heavy atom. The lowest BCUT2D eigenvalue weighted by Gasteiger charge is -2.32. The van der Waals surface area contributed by atoms with Gasteiger partial charge in [0.2, 0.25) is 0 Å². The number of hydrogen-bond acceptors (Lipinski definition) is 3. The molecule has 0 spiro atoms. The van der Waals surface area contributed by atoms with Crippen LogP contribution in [0.15, 0.2) is 33.7 Å². The number of fused-ring (bicyclic) bond motifs is 1. The Bertz CT molecular complexity index is 796.